The number of anilines is 1. The van der Waals surface area contributed by atoms with Crippen LogP contribution in [0.15, 0.2) is 61.1 Å². The van der Waals surface area contributed by atoms with Crippen molar-refractivity contribution in [1.29, 1.82) is 5.26 Å². The number of amides is 1. The van der Waals surface area contributed by atoms with Crippen LogP contribution in [0, 0.1) is 11.3 Å². The van der Waals surface area contributed by atoms with Crippen LogP contribution in [0.4, 0.5) is 18.9 Å². The predicted octanol–water partition coefficient (Wildman–Crippen LogP) is 4.20. The van der Waals surface area contributed by atoms with E-state index in [1.165, 1.54) is 11.0 Å². The molecule has 0 N–H and O–H groups in total. The second-order valence-corrected chi connectivity index (χ2v) is 8.74. The molecule has 0 radical (unpaired) electrons. The lowest BCUT2D eigenvalue weighted by molar-refractivity contribution is -0.137. The molecule has 5 rings (SSSR count). The van der Waals surface area contributed by atoms with E-state index in [9.17, 15) is 18.0 Å². The summed E-state index contributed by atoms with van der Waals surface area (Å²) in [5, 5.41) is 8.98. The van der Waals surface area contributed by atoms with E-state index in [0.717, 1.165) is 29.8 Å². The first-order chi connectivity index (χ1) is 16.3. The van der Waals surface area contributed by atoms with Crippen molar-refractivity contribution in [3.05, 3.63) is 83.4 Å². The third kappa shape index (κ3) is 4.17. The van der Waals surface area contributed by atoms with Gasteiger partial charge in [-0.1, -0.05) is 18.2 Å². The van der Waals surface area contributed by atoms with Crippen LogP contribution < -0.4 is 4.90 Å². The van der Waals surface area contributed by atoms with E-state index in [-0.39, 0.29) is 18.0 Å². The number of nitriles is 1. The van der Waals surface area contributed by atoms with Crippen molar-refractivity contribution in [2.45, 2.75) is 44.2 Å². The number of benzene rings is 2. The molecule has 2 atom stereocenters. The summed E-state index contributed by atoms with van der Waals surface area (Å²) in [5.41, 5.74) is 2.14. The van der Waals surface area contributed by atoms with Gasteiger partial charge in [-0.15, -0.1) is 0 Å². The number of imidazole rings is 1. The molecule has 2 aliphatic heterocycles. The van der Waals surface area contributed by atoms with Gasteiger partial charge >= 0.3 is 6.18 Å². The minimum atomic E-state index is -4.45. The smallest absolute Gasteiger partial charge is 0.329 e. The summed E-state index contributed by atoms with van der Waals surface area (Å²) in [5.74, 6) is -0.161. The molecular weight excluding hydrogens is 443 g/mol. The van der Waals surface area contributed by atoms with Gasteiger partial charge in [0.2, 0.25) is 5.91 Å². The van der Waals surface area contributed by atoms with Crippen LogP contribution in [0.25, 0.3) is 0 Å². The molecule has 2 fully saturated rings. The number of piperazine rings is 1. The summed E-state index contributed by atoms with van der Waals surface area (Å²) in [6.45, 7) is 1.49. The topological polar surface area (TPSA) is 65.2 Å². The van der Waals surface area contributed by atoms with E-state index in [1.54, 1.807) is 30.7 Å². The Balaban J connectivity index is 1.32. The highest BCUT2D eigenvalue weighted by Gasteiger charge is 2.46. The number of rotatable bonds is 5. The Bertz CT molecular complexity index is 1240. The van der Waals surface area contributed by atoms with Crippen molar-refractivity contribution >= 4 is 11.6 Å². The second-order valence-electron chi connectivity index (χ2n) is 8.74. The Morgan fingerprint density at radius 2 is 1.88 bits per heavy atom. The molecule has 2 unspecified atom stereocenters. The fraction of sp³-hybridized carbons (Fsp3) is 0.320. The highest BCUT2D eigenvalue weighted by atomic mass is 19.4. The molecule has 9 heteroatoms. The highest BCUT2D eigenvalue weighted by Crippen LogP contribution is 2.37. The molecule has 2 saturated heterocycles. The van der Waals surface area contributed by atoms with E-state index in [4.69, 9.17) is 5.26 Å². The van der Waals surface area contributed by atoms with E-state index >= 15 is 0 Å². The zero-order chi connectivity index (χ0) is 23.9. The van der Waals surface area contributed by atoms with E-state index < -0.39 is 11.7 Å². The normalized spacial score (nSPS) is 20.5. The van der Waals surface area contributed by atoms with Crippen molar-refractivity contribution in [3.8, 4) is 6.07 Å². The molecule has 34 heavy (non-hydrogen) atoms. The number of nitrogens with zero attached hydrogens (tertiary/aromatic N) is 5. The molecule has 0 aliphatic carbocycles. The number of aromatic nitrogens is 2. The monoisotopic (exact) mass is 465 g/mol. The largest absolute Gasteiger partial charge is 0.416 e. The average molecular weight is 465 g/mol. The maximum atomic E-state index is 13.3. The molecule has 2 aromatic carbocycles. The predicted molar refractivity (Wildman–Crippen MR) is 119 cm³/mol. The van der Waals surface area contributed by atoms with Crippen LogP contribution in [0.2, 0.25) is 0 Å². The molecule has 0 saturated carbocycles. The fourth-order valence-corrected chi connectivity index (χ4v) is 4.89. The Kier molecular flexibility index (Phi) is 5.62. The zero-order valence-corrected chi connectivity index (χ0v) is 18.2. The highest BCUT2D eigenvalue weighted by molar-refractivity contribution is 5.98. The van der Waals surface area contributed by atoms with Gasteiger partial charge in [-0.25, -0.2) is 4.98 Å². The van der Waals surface area contributed by atoms with Gasteiger partial charge in [-0.05, 0) is 48.7 Å². The summed E-state index contributed by atoms with van der Waals surface area (Å²) >= 11 is 0. The molecule has 1 aromatic heterocycles. The quantitative estimate of drug-likeness (QED) is 0.567. The Morgan fingerprint density at radius 1 is 1.09 bits per heavy atom. The molecule has 3 heterocycles. The molecule has 2 aliphatic rings. The van der Waals surface area contributed by atoms with Crippen molar-refractivity contribution in [2.75, 3.05) is 11.4 Å². The van der Waals surface area contributed by atoms with E-state index in [1.807, 2.05) is 16.7 Å². The third-order valence-corrected chi connectivity index (χ3v) is 6.65. The first kappa shape index (κ1) is 22.2. The molecule has 0 spiro atoms. The van der Waals surface area contributed by atoms with Gasteiger partial charge < -0.3 is 9.47 Å². The number of carbonyl (C=O) groups is 1. The minimum absolute atomic E-state index is 0.0653. The Labute approximate surface area is 194 Å². The Hall–Kier alpha value is -3.64. The maximum absolute atomic E-state index is 13.3. The lowest BCUT2D eigenvalue weighted by Gasteiger charge is -2.40. The van der Waals surface area contributed by atoms with Gasteiger partial charge in [0.05, 0.1) is 35.3 Å². The van der Waals surface area contributed by atoms with Gasteiger partial charge in [0.25, 0.3) is 0 Å². The molecule has 174 valence electrons. The van der Waals surface area contributed by atoms with E-state index in [2.05, 4.69) is 16.0 Å². The van der Waals surface area contributed by atoms with Gasteiger partial charge in [-0.2, -0.15) is 18.4 Å². The van der Waals surface area contributed by atoms with Crippen LogP contribution in [0.3, 0.4) is 0 Å². The number of alkyl halides is 3. The number of hydrogen-bond acceptors (Lipinski definition) is 4. The van der Waals surface area contributed by atoms with Crippen LogP contribution in [0.1, 0.15) is 35.2 Å². The first-order valence-electron chi connectivity index (χ1n) is 11.1. The second kappa shape index (κ2) is 8.61. The molecular formula is C25H22F3N5O. The fourth-order valence-electron chi connectivity index (χ4n) is 4.89. The van der Waals surface area contributed by atoms with Gasteiger partial charge in [-0.3, -0.25) is 9.69 Å². The van der Waals surface area contributed by atoms with Crippen LogP contribution >= 0.6 is 0 Å². The first-order valence-corrected chi connectivity index (χ1v) is 11.1. The van der Waals surface area contributed by atoms with Crippen LogP contribution in [0.5, 0.6) is 0 Å². The number of fused-ring (bicyclic) bond motifs is 2. The lowest BCUT2D eigenvalue weighted by atomic mass is 10.1. The third-order valence-electron chi connectivity index (χ3n) is 6.65. The number of halogens is 3. The lowest BCUT2D eigenvalue weighted by Crippen LogP contribution is -2.57. The zero-order valence-electron chi connectivity index (χ0n) is 18.2. The summed E-state index contributed by atoms with van der Waals surface area (Å²) in [7, 11) is 0. The summed E-state index contributed by atoms with van der Waals surface area (Å²) in [4.78, 5) is 21.2. The Morgan fingerprint density at radius 3 is 2.62 bits per heavy atom. The van der Waals surface area contributed by atoms with Crippen molar-refractivity contribution in [2.24, 2.45) is 0 Å². The maximum Gasteiger partial charge on any atom is 0.416 e. The average Bonchev–Trinajstić information content (AvgIpc) is 3.39. The summed E-state index contributed by atoms with van der Waals surface area (Å²) < 4.78 is 41.5. The molecule has 3 aromatic rings. The molecule has 2 bridgehead atoms. The van der Waals surface area contributed by atoms with Crippen LogP contribution in [-0.2, 0) is 24.1 Å². The van der Waals surface area contributed by atoms with Crippen molar-refractivity contribution in [3.63, 3.8) is 0 Å². The minimum Gasteiger partial charge on any atom is -0.329 e. The molecule has 6 nitrogen and oxygen atoms in total. The van der Waals surface area contributed by atoms with Gasteiger partial charge in [0.15, 0.2) is 0 Å². The summed E-state index contributed by atoms with van der Waals surface area (Å²) in [6, 6.07) is 14.2. The summed E-state index contributed by atoms with van der Waals surface area (Å²) in [6.07, 6.45) is 0.578. The SMILES string of the molecule is N#Cc1ccc(Cn2cncc2CN2C3CCC2C(=O)N(c2cccc(C(F)(F)F)c2)C3)cc1. The number of hydrogen-bond donors (Lipinski definition) is 0. The van der Waals surface area contributed by atoms with Crippen molar-refractivity contribution < 1.29 is 18.0 Å². The van der Waals surface area contributed by atoms with Gasteiger partial charge in [0.1, 0.15) is 0 Å². The molecule has 1 amide bonds. The van der Waals surface area contributed by atoms with E-state index in [0.29, 0.717) is 37.3 Å². The number of carbonyl (C=O) groups excluding carboxylic acids is 1. The standard InChI is InChI=1S/C25H22F3N5O/c26-25(27,28)19-2-1-3-20(10-19)33-14-21-8-9-23(24(33)34)32(21)15-22-12-30-16-31(22)13-18-6-4-17(11-29)5-7-18/h1-7,10,12,16,21,23H,8-9,13-15H2. The van der Waals surface area contributed by atoms with Gasteiger partial charge in [0, 0.05) is 37.6 Å². The van der Waals surface area contributed by atoms with Crippen molar-refractivity contribution in [1.82, 2.24) is 14.5 Å². The van der Waals surface area contributed by atoms with Crippen LogP contribution in [-0.4, -0.2) is 39.0 Å².